The number of halogens is 3. The Morgan fingerprint density at radius 3 is 2.82 bits per heavy atom. The molecule has 28 heavy (non-hydrogen) atoms. The summed E-state index contributed by atoms with van der Waals surface area (Å²) in [6, 6.07) is 6.71. The van der Waals surface area contributed by atoms with E-state index < -0.39 is 12.8 Å². The zero-order valence-electron chi connectivity index (χ0n) is 15.9. The van der Waals surface area contributed by atoms with Gasteiger partial charge in [0, 0.05) is 51.4 Å². The topological polar surface area (TPSA) is 54.7 Å². The predicted octanol–water partition coefficient (Wildman–Crippen LogP) is 2.93. The first-order valence-corrected chi connectivity index (χ1v) is 9.07. The summed E-state index contributed by atoms with van der Waals surface area (Å²) >= 11 is 0. The molecule has 1 aromatic heterocycles. The molecule has 1 unspecified atom stereocenters. The second-order valence-corrected chi connectivity index (χ2v) is 6.79. The zero-order valence-corrected chi connectivity index (χ0v) is 15.9. The lowest BCUT2D eigenvalue weighted by Gasteiger charge is -2.22. The van der Waals surface area contributed by atoms with Crippen LogP contribution in [0.2, 0.25) is 0 Å². The number of aryl methyl sites for hydroxylation is 1. The third-order valence-electron chi connectivity index (χ3n) is 4.70. The molecule has 6 nitrogen and oxygen atoms in total. The van der Waals surface area contributed by atoms with E-state index in [1.54, 1.807) is 36.0 Å². The molecular weight excluding hydrogens is 371 g/mol. The third-order valence-corrected chi connectivity index (χ3v) is 4.70. The van der Waals surface area contributed by atoms with Gasteiger partial charge < -0.3 is 15.0 Å². The summed E-state index contributed by atoms with van der Waals surface area (Å²) in [5.41, 5.74) is 1.85. The predicted molar refractivity (Wildman–Crippen MR) is 100 cm³/mol. The highest BCUT2D eigenvalue weighted by Gasteiger charge is 2.29. The van der Waals surface area contributed by atoms with E-state index in [2.05, 4.69) is 20.3 Å². The SMILES string of the molecule is CN=C(NCc1ccccc1OCC(F)(F)F)N1CCC(c2cnn(C)c2)C1. The van der Waals surface area contributed by atoms with E-state index in [1.807, 2.05) is 19.4 Å². The molecule has 0 spiro atoms. The number of nitrogens with zero attached hydrogens (tertiary/aromatic N) is 4. The quantitative estimate of drug-likeness (QED) is 0.625. The maximum Gasteiger partial charge on any atom is 0.422 e. The van der Waals surface area contributed by atoms with Crippen molar-refractivity contribution in [3.63, 3.8) is 0 Å². The summed E-state index contributed by atoms with van der Waals surface area (Å²) in [6.07, 6.45) is 0.544. The summed E-state index contributed by atoms with van der Waals surface area (Å²) in [6.45, 7) is 0.690. The highest BCUT2D eigenvalue weighted by atomic mass is 19.4. The Labute approximate surface area is 162 Å². The van der Waals surface area contributed by atoms with Crippen LogP contribution in [0.4, 0.5) is 13.2 Å². The van der Waals surface area contributed by atoms with Crippen LogP contribution in [-0.4, -0.2) is 53.6 Å². The van der Waals surface area contributed by atoms with E-state index in [4.69, 9.17) is 4.74 Å². The van der Waals surface area contributed by atoms with Crippen LogP contribution in [0.5, 0.6) is 5.75 Å². The molecule has 0 radical (unpaired) electrons. The average molecular weight is 395 g/mol. The monoisotopic (exact) mass is 395 g/mol. The van der Waals surface area contributed by atoms with Gasteiger partial charge in [-0.1, -0.05) is 18.2 Å². The molecule has 1 fully saturated rings. The summed E-state index contributed by atoms with van der Waals surface area (Å²) in [7, 11) is 3.60. The molecule has 0 aliphatic carbocycles. The molecule has 1 saturated heterocycles. The molecule has 2 aromatic rings. The molecule has 1 N–H and O–H groups in total. The number of ether oxygens (including phenoxy) is 1. The Kier molecular flexibility index (Phi) is 6.11. The van der Waals surface area contributed by atoms with Crippen molar-refractivity contribution >= 4 is 5.96 Å². The summed E-state index contributed by atoms with van der Waals surface area (Å²) in [5, 5.41) is 7.47. The largest absolute Gasteiger partial charge is 0.484 e. The van der Waals surface area contributed by atoms with Crippen molar-refractivity contribution in [2.75, 3.05) is 26.7 Å². The third kappa shape index (κ3) is 5.17. The first kappa shape index (κ1) is 20.0. The van der Waals surface area contributed by atoms with Crippen molar-refractivity contribution in [2.24, 2.45) is 12.0 Å². The van der Waals surface area contributed by atoms with Crippen molar-refractivity contribution in [1.82, 2.24) is 20.0 Å². The van der Waals surface area contributed by atoms with E-state index in [0.29, 0.717) is 18.0 Å². The lowest BCUT2D eigenvalue weighted by molar-refractivity contribution is -0.153. The van der Waals surface area contributed by atoms with E-state index in [0.717, 1.165) is 25.5 Å². The minimum absolute atomic E-state index is 0.220. The highest BCUT2D eigenvalue weighted by Crippen LogP contribution is 2.27. The molecule has 9 heteroatoms. The number of para-hydroxylation sites is 1. The number of aromatic nitrogens is 2. The van der Waals surface area contributed by atoms with Gasteiger partial charge in [0.15, 0.2) is 12.6 Å². The summed E-state index contributed by atoms with van der Waals surface area (Å²) < 4.78 is 44.1. The first-order valence-electron chi connectivity index (χ1n) is 9.07. The number of guanidine groups is 1. The number of hydrogen-bond donors (Lipinski definition) is 1. The molecule has 2 heterocycles. The van der Waals surface area contributed by atoms with Gasteiger partial charge in [0.05, 0.1) is 6.20 Å². The van der Waals surface area contributed by atoms with Gasteiger partial charge in [0.1, 0.15) is 5.75 Å². The molecule has 1 aliphatic rings. The van der Waals surface area contributed by atoms with Crippen LogP contribution < -0.4 is 10.1 Å². The van der Waals surface area contributed by atoms with Crippen LogP contribution in [0.1, 0.15) is 23.5 Å². The Hall–Kier alpha value is -2.71. The smallest absolute Gasteiger partial charge is 0.422 e. The number of aliphatic imine (C=N–C) groups is 1. The number of benzene rings is 1. The maximum absolute atomic E-state index is 12.5. The van der Waals surface area contributed by atoms with Crippen LogP contribution in [0.25, 0.3) is 0 Å². The zero-order chi connectivity index (χ0) is 20.1. The number of hydrogen-bond acceptors (Lipinski definition) is 3. The van der Waals surface area contributed by atoms with Crippen LogP contribution >= 0.6 is 0 Å². The Bertz CT molecular complexity index is 818. The lowest BCUT2D eigenvalue weighted by atomic mass is 10.0. The van der Waals surface area contributed by atoms with Crippen molar-refractivity contribution in [3.05, 3.63) is 47.8 Å². The summed E-state index contributed by atoms with van der Waals surface area (Å²) in [5.74, 6) is 1.32. The Balaban J connectivity index is 1.59. The maximum atomic E-state index is 12.5. The number of likely N-dealkylation sites (tertiary alicyclic amines) is 1. The van der Waals surface area contributed by atoms with Gasteiger partial charge in [-0.2, -0.15) is 18.3 Å². The van der Waals surface area contributed by atoms with Crippen LogP contribution in [0.3, 0.4) is 0 Å². The van der Waals surface area contributed by atoms with Gasteiger partial charge in [-0.05, 0) is 18.1 Å². The number of alkyl halides is 3. The van der Waals surface area contributed by atoms with Gasteiger partial charge in [-0.15, -0.1) is 0 Å². The van der Waals surface area contributed by atoms with Gasteiger partial charge >= 0.3 is 6.18 Å². The minimum Gasteiger partial charge on any atom is -0.484 e. The second-order valence-electron chi connectivity index (χ2n) is 6.79. The molecule has 1 aromatic carbocycles. The van der Waals surface area contributed by atoms with E-state index in [-0.39, 0.29) is 5.75 Å². The van der Waals surface area contributed by atoms with Crippen molar-refractivity contribution in [3.8, 4) is 5.75 Å². The van der Waals surface area contributed by atoms with Crippen LogP contribution in [0.15, 0.2) is 41.7 Å². The molecule has 1 atom stereocenters. The van der Waals surface area contributed by atoms with Crippen molar-refractivity contribution < 1.29 is 17.9 Å². The Morgan fingerprint density at radius 1 is 1.36 bits per heavy atom. The van der Waals surface area contributed by atoms with Gasteiger partial charge in [-0.3, -0.25) is 9.67 Å². The Morgan fingerprint density at radius 2 is 2.14 bits per heavy atom. The molecule has 0 saturated carbocycles. The fourth-order valence-corrected chi connectivity index (χ4v) is 3.33. The summed E-state index contributed by atoms with van der Waals surface area (Å²) in [4.78, 5) is 6.47. The van der Waals surface area contributed by atoms with Crippen LogP contribution in [0, 0.1) is 0 Å². The number of nitrogens with one attached hydrogen (secondary N) is 1. The molecule has 0 bridgehead atoms. The minimum atomic E-state index is -4.37. The fourth-order valence-electron chi connectivity index (χ4n) is 3.33. The normalized spacial score (nSPS) is 17.8. The van der Waals surface area contributed by atoms with E-state index >= 15 is 0 Å². The van der Waals surface area contributed by atoms with Crippen LogP contribution in [-0.2, 0) is 13.6 Å². The van der Waals surface area contributed by atoms with E-state index in [9.17, 15) is 13.2 Å². The second kappa shape index (κ2) is 8.53. The lowest BCUT2D eigenvalue weighted by Crippen LogP contribution is -2.39. The van der Waals surface area contributed by atoms with Gasteiger partial charge in [0.25, 0.3) is 0 Å². The molecule has 0 amide bonds. The first-order chi connectivity index (χ1) is 13.4. The van der Waals surface area contributed by atoms with E-state index in [1.165, 1.54) is 5.56 Å². The van der Waals surface area contributed by atoms with Gasteiger partial charge in [-0.25, -0.2) is 0 Å². The molecular formula is C19H24F3N5O. The van der Waals surface area contributed by atoms with Crippen molar-refractivity contribution in [2.45, 2.75) is 25.1 Å². The van der Waals surface area contributed by atoms with Gasteiger partial charge in [0.2, 0.25) is 0 Å². The van der Waals surface area contributed by atoms with Crippen molar-refractivity contribution in [1.29, 1.82) is 0 Å². The molecule has 152 valence electrons. The molecule has 1 aliphatic heterocycles. The molecule has 3 rings (SSSR count). The standard InChI is InChI=1S/C19H24F3N5O/c1-23-18(27-8-7-15(12-27)16-10-25-26(2)11-16)24-9-14-5-3-4-6-17(14)28-13-19(20,21)22/h3-6,10-11,15H,7-9,12-13H2,1-2H3,(H,23,24). The average Bonchev–Trinajstić information content (AvgIpc) is 3.30. The number of rotatable bonds is 5. The fraction of sp³-hybridized carbons (Fsp3) is 0.474. The highest BCUT2D eigenvalue weighted by molar-refractivity contribution is 5.80.